The van der Waals surface area contributed by atoms with Crippen LogP contribution in [0.25, 0.3) is 32.7 Å². The van der Waals surface area contributed by atoms with Crippen molar-refractivity contribution in [2.75, 3.05) is 0 Å². The molecule has 5 rings (SSSR count). The van der Waals surface area contributed by atoms with Crippen LogP contribution in [0.3, 0.4) is 0 Å². The van der Waals surface area contributed by atoms with Crippen LogP contribution in [-0.2, 0) is 11.8 Å². The van der Waals surface area contributed by atoms with Gasteiger partial charge in [-0.15, -0.1) is 5.54 Å². The highest BCUT2D eigenvalue weighted by atomic mass is 28.3. The molecule has 0 atom stereocenters. The predicted molar refractivity (Wildman–Crippen MR) is 184 cm³/mol. The van der Waals surface area contributed by atoms with Gasteiger partial charge >= 0.3 is 0 Å². The van der Waals surface area contributed by atoms with Crippen LogP contribution in [0.5, 0.6) is 0 Å². The lowest BCUT2D eigenvalue weighted by Gasteiger charge is -2.24. The van der Waals surface area contributed by atoms with Crippen molar-refractivity contribution in [1.82, 2.24) is 0 Å². The Balaban J connectivity index is 1.75. The van der Waals surface area contributed by atoms with Crippen LogP contribution >= 0.6 is 0 Å². The second-order valence-electron chi connectivity index (χ2n) is 13.9. The van der Waals surface area contributed by atoms with Crippen molar-refractivity contribution >= 4 is 29.6 Å². The summed E-state index contributed by atoms with van der Waals surface area (Å²) in [7, 11) is -1.43. The Bertz CT molecular complexity index is 1760. The van der Waals surface area contributed by atoms with Crippen molar-refractivity contribution in [3.8, 4) is 22.6 Å². The van der Waals surface area contributed by atoms with Gasteiger partial charge in [-0.25, -0.2) is 0 Å². The molecule has 0 heterocycles. The Hall–Kier alpha value is -3.60. The van der Waals surface area contributed by atoms with Crippen LogP contribution in [0.1, 0.15) is 65.3 Å². The molecule has 0 spiro atoms. The maximum atomic E-state index is 3.54. The van der Waals surface area contributed by atoms with Gasteiger partial charge in [-0.05, 0) is 123 Å². The van der Waals surface area contributed by atoms with E-state index in [2.05, 4.69) is 152 Å². The Morgan fingerprint density at radius 2 is 1.05 bits per heavy atom. The van der Waals surface area contributed by atoms with E-state index < -0.39 is 8.07 Å². The van der Waals surface area contributed by atoms with Gasteiger partial charge < -0.3 is 0 Å². The maximum Gasteiger partial charge on any atom is 0.129 e. The molecule has 0 saturated heterocycles. The minimum Gasteiger partial charge on any atom is -0.127 e. The number of aryl methyl sites for hydroxylation is 4. The number of fused-ring (bicyclic) bond motifs is 2. The summed E-state index contributed by atoms with van der Waals surface area (Å²) in [5.41, 5.74) is 17.1. The molecule has 0 saturated carbocycles. The molecule has 0 radical (unpaired) electrons. The number of rotatable bonds is 3. The summed E-state index contributed by atoms with van der Waals surface area (Å²) in [6.07, 6.45) is 0.904. The first kappa shape index (κ1) is 28.9. The van der Waals surface area contributed by atoms with E-state index in [0.29, 0.717) is 0 Å². The largest absolute Gasteiger partial charge is 0.129 e. The Kier molecular flexibility index (Phi) is 7.52. The average molecular weight is 553 g/mol. The lowest BCUT2D eigenvalue weighted by molar-refractivity contribution is 0.589. The fourth-order valence-corrected chi connectivity index (χ4v) is 6.77. The zero-order chi connectivity index (χ0) is 29.7. The standard InChI is InChI=1S/C40H44Si/c1-26-21-30(19-20-41(8,9)10)22-27(2)36(26)25-37-32-15-11-13-17-34(32)39(35-18-14-12-16-33(35)37)38-28(3)23-31(24-29(38)4)40(5,6)7/h11-18,21-24H,25H2,1-10H3. The van der Waals surface area contributed by atoms with Crippen LogP contribution in [0, 0.1) is 39.2 Å². The first-order valence-corrected chi connectivity index (χ1v) is 18.4. The number of hydrogen-bond donors (Lipinski definition) is 0. The minimum atomic E-state index is -1.43. The van der Waals surface area contributed by atoms with Crippen LogP contribution in [0.4, 0.5) is 0 Å². The molecule has 5 aromatic rings. The van der Waals surface area contributed by atoms with E-state index in [0.717, 1.165) is 12.0 Å². The highest BCUT2D eigenvalue weighted by molar-refractivity contribution is 6.83. The highest BCUT2D eigenvalue weighted by Crippen LogP contribution is 2.43. The molecular weight excluding hydrogens is 509 g/mol. The molecule has 0 aromatic heterocycles. The fraction of sp³-hybridized carbons (Fsp3) is 0.300. The molecule has 0 aliphatic heterocycles. The minimum absolute atomic E-state index is 0.119. The summed E-state index contributed by atoms with van der Waals surface area (Å²) in [4.78, 5) is 0. The number of hydrogen-bond acceptors (Lipinski definition) is 0. The summed E-state index contributed by atoms with van der Waals surface area (Å²) in [6.45, 7) is 22.9. The van der Waals surface area contributed by atoms with E-state index in [4.69, 9.17) is 0 Å². The van der Waals surface area contributed by atoms with Crippen molar-refractivity contribution in [1.29, 1.82) is 0 Å². The Morgan fingerprint density at radius 1 is 0.585 bits per heavy atom. The van der Waals surface area contributed by atoms with Gasteiger partial charge in [0.25, 0.3) is 0 Å². The second-order valence-corrected chi connectivity index (χ2v) is 18.7. The Morgan fingerprint density at radius 3 is 1.49 bits per heavy atom. The van der Waals surface area contributed by atoms with Crippen molar-refractivity contribution in [3.05, 3.63) is 117 Å². The summed E-state index contributed by atoms with van der Waals surface area (Å²) >= 11 is 0. The number of benzene rings is 5. The van der Waals surface area contributed by atoms with Crippen LogP contribution in [0.15, 0.2) is 72.8 Å². The average Bonchev–Trinajstić information content (AvgIpc) is 2.89. The molecule has 208 valence electrons. The van der Waals surface area contributed by atoms with Gasteiger partial charge in [-0.1, -0.05) is 107 Å². The van der Waals surface area contributed by atoms with Gasteiger partial charge in [0.2, 0.25) is 0 Å². The van der Waals surface area contributed by atoms with Crippen LogP contribution < -0.4 is 0 Å². The first-order chi connectivity index (χ1) is 19.2. The topological polar surface area (TPSA) is 0 Å². The smallest absolute Gasteiger partial charge is 0.127 e. The van der Waals surface area contributed by atoms with E-state index in [1.54, 1.807) is 0 Å². The molecule has 0 fully saturated rings. The molecule has 0 bridgehead atoms. The third-order valence-corrected chi connectivity index (χ3v) is 9.20. The van der Waals surface area contributed by atoms with E-state index in [-0.39, 0.29) is 5.41 Å². The first-order valence-electron chi connectivity index (χ1n) is 14.9. The van der Waals surface area contributed by atoms with Crippen LogP contribution in [-0.4, -0.2) is 8.07 Å². The second kappa shape index (κ2) is 10.7. The molecule has 0 N–H and O–H groups in total. The summed E-state index contributed by atoms with van der Waals surface area (Å²) in [5.74, 6) is 3.48. The van der Waals surface area contributed by atoms with Crippen LogP contribution in [0.2, 0.25) is 19.6 Å². The van der Waals surface area contributed by atoms with E-state index in [9.17, 15) is 0 Å². The van der Waals surface area contributed by atoms with E-state index in [1.807, 2.05) is 0 Å². The zero-order valence-electron chi connectivity index (χ0n) is 26.6. The van der Waals surface area contributed by atoms with Crippen molar-refractivity contribution in [2.24, 2.45) is 0 Å². The lowest BCUT2D eigenvalue weighted by atomic mass is 9.80. The van der Waals surface area contributed by atoms with Gasteiger partial charge in [0.05, 0.1) is 0 Å². The highest BCUT2D eigenvalue weighted by Gasteiger charge is 2.21. The fourth-order valence-electron chi connectivity index (χ4n) is 6.25. The van der Waals surface area contributed by atoms with Gasteiger partial charge in [0, 0.05) is 5.56 Å². The monoisotopic (exact) mass is 552 g/mol. The quantitative estimate of drug-likeness (QED) is 0.119. The van der Waals surface area contributed by atoms with Gasteiger partial charge in [0.15, 0.2) is 0 Å². The van der Waals surface area contributed by atoms with Crippen molar-refractivity contribution < 1.29 is 0 Å². The molecule has 0 amide bonds. The van der Waals surface area contributed by atoms with E-state index >= 15 is 0 Å². The summed E-state index contributed by atoms with van der Waals surface area (Å²) < 4.78 is 0. The van der Waals surface area contributed by atoms with Crippen molar-refractivity contribution in [3.63, 3.8) is 0 Å². The SMILES string of the molecule is Cc1cc(C#C[Si](C)(C)C)cc(C)c1Cc1c2ccccc2c(-c2c(C)cc(C(C)(C)C)cc2C)c2ccccc12. The molecule has 0 nitrogen and oxygen atoms in total. The third-order valence-electron chi connectivity index (χ3n) is 8.32. The van der Waals surface area contributed by atoms with Gasteiger partial charge in [-0.2, -0.15) is 0 Å². The lowest BCUT2D eigenvalue weighted by Crippen LogP contribution is -2.16. The van der Waals surface area contributed by atoms with Gasteiger partial charge in [-0.3, -0.25) is 0 Å². The normalized spacial score (nSPS) is 12.0. The van der Waals surface area contributed by atoms with Crippen molar-refractivity contribution in [2.45, 2.75) is 79.9 Å². The summed E-state index contributed by atoms with van der Waals surface area (Å²) in [6, 6.07) is 27.5. The maximum absolute atomic E-state index is 3.54. The molecular formula is C40H44Si. The molecule has 0 aliphatic carbocycles. The molecule has 41 heavy (non-hydrogen) atoms. The third kappa shape index (κ3) is 5.77. The zero-order valence-corrected chi connectivity index (χ0v) is 27.6. The Labute approximate surface area is 248 Å². The van der Waals surface area contributed by atoms with Gasteiger partial charge in [0.1, 0.15) is 8.07 Å². The molecule has 0 unspecified atom stereocenters. The predicted octanol–water partition coefficient (Wildman–Crippen LogP) is 11.0. The molecule has 5 aromatic carbocycles. The van der Waals surface area contributed by atoms with E-state index in [1.165, 1.54) is 71.6 Å². The molecule has 1 heteroatoms. The summed E-state index contributed by atoms with van der Waals surface area (Å²) in [5, 5.41) is 5.37. The molecule has 0 aliphatic rings.